The third-order valence-corrected chi connectivity index (χ3v) is 6.18. The van der Waals surface area contributed by atoms with Gasteiger partial charge in [-0.25, -0.2) is 8.42 Å². The van der Waals surface area contributed by atoms with Crippen molar-refractivity contribution in [1.29, 1.82) is 0 Å². The average molecular weight is 524 g/mol. The second-order valence-corrected chi connectivity index (χ2v) is 9.32. The van der Waals surface area contributed by atoms with E-state index in [0.29, 0.717) is 11.3 Å². The van der Waals surface area contributed by atoms with Crippen LogP contribution in [-0.4, -0.2) is 41.4 Å². The minimum Gasteiger partial charge on any atom is -0.492 e. The van der Waals surface area contributed by atoms with Crippen LogP contribution in [0.15, 0.2) is 71.6 Å². The summed E-state index contributed by atoms with van der Waals surface area (Å²) in [6.07, 6.45) is -4.92. The van der Waals surface area contributed by atoms with Crippen molar-refractivity contribution < 1.29 is 35.9 Å². The Kier molecular flexibility index (Phi) is 7.98. The minimum atomic E-state index is -4.92. The summed E-state index contributed by atoms with van der Waals surface area (Å²) in [6, 6.07) is 15.3. The molecule has 0 saturated heterocycles. The maximum absolute atomic E-state index is 13.0. The van der Waals surface area contributed by atoms with Gasteiger partial charge in [0, 0.05) is 43.2 Å². The van der Waals surface area contributed by atoms with Gasteiger partial charge in [-0.3, -0.25) is 9.52 Å². The molecule has 0 aromatic heterocycles. The fourth-order valence-corrected chi connectivity index (χ4v) is 4.33. The number of benzene rings is 3. The van der Waals surface area contributed by atoms with Gasteiger partial charge in [0.2, 0.25) is 0 Å². The maximum Gasteiger partial charge on any atom is 0.573 e. The van der Waals surface area contributed by atoms with E-state index in [4.69, 9.17) is 4.74 Å². The van der Waals surface area contributed by atoms with Crippen molar-refractivity contribution in [2.45, 2.75) is 18.2 Å². The van der Waals surface area contributed by atoms with Crippen molar-refractivity contribution in [2.75, 3.05) is 35.6 Å². The summed E-state index contributed by atoms with van der Waals surface area (Å²) in [5.41, 5.74) is 1.47. The summed E-state index contributed by atoms with van der Waals surface area (Å²) >= 11 is 0. The Morgan fingerprint density at radius 3 is 2.28 bits per heavy atom. The molecule has 3 aromatic rings. The number of nitrogens with zero attached hydrogens (tertiary/aromatic N) is 1. The standard InChI is InChI=1S/C24H24F3N3O5S/c1-4-34-21-15-17(28-23(31)16-8-11-19(12-9-16)30(2)3)10-13-22(21)36(32,33)29-18-6-5-7-20(14-18)35-24(25,26)27/h5-15,29H,4H2,1-3H3,(H,28,31). The highest BCUT2D eigenvalue weighted by atomic mass is 32.2. The zero-order valence-electron chi connectivity index (χ0n) is 19.6. The van der Waals surface area contributed by atoms with E-state index < -0.39 is 28.0 Å². The number of alkyl halides is 3. The lowest BCUT2D eigenvalue weighted by Crippen LogP contribution is -2.18. The SMILES string of the molecule is CCOc1cc(NC(=O)c2ccc(N(C)C)cc2)ccc1S(=O)(=O)Nc1cccc(OC(F)(F)F)c1. The molecule has 0 saturated carbocycles. The molecule has 0 aliphatic carbocycles. The lowest BCUT2D eigenvalue weighted by atomic mass is 10.2. The summed E-state index contributed by atoms with van der Waals surface area (Å²) in [5, 5.41) is 2.69. The third-order valence-electron chi connectivity index (χ3n) is 4.76. The Balaban J connectivity index is 1.82. The van der Waals surface area contributed by atoms with Crippen molar-refractivity contribution in [2.24, 2.45) is 0 Å². The minimum absolute atomic E-state index is 0.0477. The fraction of sp³-hybridized carbons (Fsp3) is 0.208. The number of rotatable bonds is 9. The zero-order chi connectivity index (χ0) is 26.5. The van der Waals surface area contributed by atoms with E-state index in [0.717, 1.165) is 17.8 Å². The Morgan fingerprint density at radius 2 is 1.67 bits per heavy atom. The Bertz CT molecular complexity index is 1330. The second kappa shape index (κ2) is 10.8. The number of hydrogen-bond acceptors (Lipinski definition) is 6. The van der Waals surface area contributed by atoms with E-state index in [9.17, 15) is 26.4 Å². The number of halogens is 3. The largest absolute Gasteiger partial charge is 0.573 e. The van der Waals surface area contributed by atoms with Crippen molar-refractivity contribution in [1.82, 2.24) is 0 Å². The van der Waals surface area contributed by atoms with E-state index in [2.05, 4.69) is 14.8 Å². The fourth-order valence-electron chi connectivity index (χ4n) is 3.16. The van der Waals surface area contributed by atoms with Gasteiger partial charge in [-0.15, -0.1) is 13.2 Å². The quantitative estimate of drug-likeness (QED) is 0.405. The Morgan fingerprint density at radius 1 is 0.972 bits per heavy atom. The number of anilines is 3. The lowest BCUT2D eigenvalue weighted by Gasteiger charge is -2.15. The molecule has 0 aliphatic rings. The molecule has 0 atom stereocenters. The van der Waals surface area contributed by atoms with Crippen LogP contribution in [0.1, 0.15) is 17.3 Å². The van der Waals surface area contributed by atoms with Crippen LogP contribution in [0.3, 0.4) is 0 Å². The molecule has 0 aliphatic heterocycles. The number of carbonyl (C=O) groups is 1. The van der Waals surface area contributed by atoms with E-state index in [1.54, 1.807) is 31.2 Å². The summed E-state index contributed by atoms with van der Waals surface area (Å²) in [6.45, 7) is 1.78. The van der Waals surface area contributed by atoms with Gasteiger partial charge in [-0.2, -0.15) is 0 Å². The molecule has 3 rings (SSSR count). The molecule has 36 heavy (non-hydrogen) atoms. The lowest BCUT2D eigenvalue weighted by molar-refractivity contribution is -0.274. The molecule has 12 heteroatoms. The van der Waals surface area contributed by atoms with Crippen LogP contribution < -0.4 is 24.4 Å². The van der Waals surface area contributed by atoms with Gasteiger partial charge in [-0.05, 0) is 55.5 Å². The smallest absolute Gasteiger partial charge is 0.492 e. The number of ether oxygens (including phenoxy) is 2. The van der Waals surface area contributed by atoms with E-state index in [-0.39, 0.29) is 22.9 Å². The van der Waals surface area contributed by atoms with Crippen molar-refractivity contribution in [3.05, 3.63) is 72.3 Å². The molecule has 0 unspecified atom stereocenters. The number of nitrogens with one attached hydrogen (secondary N) is 2. The van der Waals surface area contributed by atoms with E-state index in [1.807, 2.05) is 19.0 Å². The number of carbonyl (C=O) groups excluding carboxylic acids is 1. The van der Waals surface area contributed by atoms with Crippen molar-refractivity contribution in [3.8, 4) is 11.5 Å². The van der Waals surface area contributed by atoms with Crippen LogP contribution in [0.5, 0.6) is 11.5 Å². The molecule has 3 aromatic carbocycles. The van der Waals surface area contributed by atoms with Crippen LogP contribution in [0.2, 0.25) is 0 Å². The zero-order valence-corrected chi connectivity index (χ0v) is 20.4. The summed E-state index contributed by atoms with van der Waals surface area (Å²) in [4.78, 5) is 14.3. The van der Waals surface area contributed by atoms with Gasteiger partial charge in [0.05, 0.1) is 12.3 Å². The van der Waals surface area contributed by atoms with Gasteiger partial charge in [0.15, 0.2) is 0 Å². The molecule has 0 fully saturated rings. The molecular formula is C24H24F3N3O5S. The molecule has 192 valence electrons. The molecule has 0 spiro atoms. The van der Waals surface area contributed by atoms with Gasteiger partial charge < -0.3 is 19.7 Å². The predicted octanol–water partition coefficient (Wildman–Crippen LogP) is 5.10. The number of hydrogen-bond donors (Lipinski definition) is 2. The summed E-state index contributed by atoms with van der Waals surface area (Å²) in [5.74, 6) is -1.03. The molecule has 0 heterocycles. The van der Waals surface area contributed by atoms with Crippen molar-refractivity contribution in [3.63, 3.8) is 0 Å². The number of amides is 1. The third kappa shape index (κ3) is 7.04. The maximum atomic E-state index is 13.0. The first-order valence-electron chi connectivity index (χ1n) is 10.6. The highest BCUT2D eigenvalue weighted by Gasteiger charge is 2.31. The molecule has 2 N–H and O–H groups in total. The van der Waals surface area contributed by atoms with Crippen LogP contribution in [-0.2, 0) is 10.0 Å². The number of sulfonamides is 1. The van der Waals surface area contributed by atoms with Gasteiger partial charge in [-0.1, -0.05) is 6.07 Å². The van der Waals surface area contributed by atoms with Crippen LogP contribution in [0.25, 0.3) is 0 Å². The normalized spacial score (nSPS) is 11.5. The van der Waals surface area contributed by atoms with Gasteiger partial charge in [0.25, 0.3) is 15.9 Å². The molecule has 1 amide bonds. The highest BCUT2D eigenvalue weighted by Crippen LogP contribution is 2.31. The Labute approximate surface area is 206 Å². The molecular weight excluding hydrogens is 499 g/mol. The Hall–Kier alpha value is -3.93. The highest BCUT2D eigenvalue weighted by molar-refractivity contribution is 7.92. The van der Waals surface area contributed by atoms with Crippen molar-refractivity contribution >= 4 is 33.0 Å². The van der Waals surface area contributed by atoms with E-state index >= 15 is 0 Å². The first-order chi connectivity index (χ1) is 16.9. The monoisotopic (exact) mass is 523 g/mol. The first kappa shape index (κ1) is 26.7. The second-order valence-electron chi connectivity index (χ2n) is 7.67. The van der Waals surface area contributed by atoms with E-state index in [1.165, 1.54) is 30.3 Å². The van der Waals surface area contributed by atoms with Gasteiger partial charge in [0.1, 0.15) is 16.4 Å². The van der Waals surface area contributed by atoms with Gasteiger partial charge >= 0.3 is 6.36 Å². The molecule has 0 radical (unpaired) electrons. The van der Waals surface area contributed by atoms with Crippen LogP contribution in [0, 0.1) is 0 Å². The van der Waals surface area contributed by atoms with Crippen LogP contribution in [0.4, 0.5) is 30.2 Å². The summed E-state index contributed by atoms with van der Waals surface area (Å²) < 4.78 is 75.0. The topological polar surface area (TPSA) is 97.0 Å². The predicted molar refractivity (Wildman–Crippen MR) is 130 cm³/mol. The molecule has 0 bridgehead atoms. The first-order valence-corrected chi connectivity index (χ1v) is 12.1. The average Bonchev–Trinajstić information content (AvgIpc) is 2.78. The van der Waals surface area contributed by atoms with Crippen LogP contribution >= 0.6 is 0 Å². The molecule has 8 nitrogen and oxygen atoms in total. The summed E-state index contributed by atoms with van der Waals surface area (Å²) in [7, 11) is -0.513.